The summed E-state index contributed by atoms with van der Waals surface area (Å²) in [5, 5.41) is 11.7. The van der Waals surface area contributed by atoms with Gasteiger partial charge in [-0.3, -0.25) is 10.1 Å². The van der Waals surface area contributed by atoms with Crippen LogP contribution in [-0.2, 0) is 14.8 Å². The zero-order valence-corrected chi connectivity index (χ0v) is 17.5. The predicted molar refractivity (Wildman–Crippen MR) is 117 cm³/mol. The van der Waals surface area contributed by atoms with E-state index in [0.29, 0.717) is 18.7 Å². The van der Waals surface area contributed by atoms with Crippen molar-refractivity contribution in [2.75, 3.05) is 18.4 Å². The molecule has 1 N–H and O–H groups in total. The third-order valence-corrected chi connectivity index (χ3v) is 6.66. The summed E-state index contributed by atoms with van der Waals surface area (Å²) in [6, 6.07) is 18.5. The number of aromatic nitrogens is 2. The Labute approximate surface area is 180 Å². The Hall–Kier alpha value is -3.30. The van der Waals surface area contributed by atoms with Crippen molar-refractivity contribution in [3.8, 4) is 11.5 Å². The van der Waals surface area contributed by atoms with Crippen LogP contribution >= 0.6 is 0 Å². The van der Waals surface area contributed by atoms with Crippen molar-refractivity contribution in [2.24, 2.45) is 5.92 Å². The molecule has 1 fully saturated rings. The van der Waals surface area contributed by atoms with Gasteiger partial charge >= 0.3 is 6.01 Å². The first kappa shape index (κ1) is 21.0. The van der Waals surface area contributed by atoms with E-state index in [1.165, 1.54) is 9.71 Å². The normalized spacial score (nSPS) is 15.9. The molecule has 0 atom stereocenters. The fraction of sp³-hybridized carbons (Fsp3) is 0.227. The minimum absolute atomic E-state index is 0.0321. The van der Waals surface area contributed by atoms with E-state index in [-0.39, 0.29) is 30.9 Å². The van der Waals surface area contributed by atoms with Gasteiger partial charge < -0.3 is 4.42 Å². The summed E-state index contributed by atoms with van der Waals surface area (Å²) in [6.07, 6.45) is 2.42. The third-order valence-electron chi connectivity index (χ3n) is 5.09. The molecular weight excluding hydrogens is 416 g/mol. The van der Waals surface area contributed by atoms with Crippen molar-refractivity contribution < 1.29 is 17.6 Å². The van der Waals surface area contributed by atoms with Crippen LogP contribution in [0.15, 0.2) is 70.5 Å². The number of nitrogens with zero attached hydrogens (tertiary/aromatic N) is 3. The zero-order valence-electron chi connectivity index (χ0n) is 16.7. The first-order chi connectivity index (χ1) is 15.0. The molecule has 2 aromatic carbocycles. The quantitative estimate of drug-likeness (QED) is 0.632. The number of amides is 1. The van der Waals surface area contributed by atoms with Gasteiger partial charge in [0, 0.05) is 30.0 Å². The number of nitrogens with one attached hydrogen (secondary N) is 1. The minimum Gasteiger partial charge on any atom is -0.403 e. The molecule has 9 heteroatoms. The summed E-state index contributed by atoms with van der Waals surface area (Å²) >= 11 is 0. The molecule has 0 spiro atoms. The molecule has 0 saturated carbocycles. The van der Waals surface area contributed by atoms with Gasteiger partial charge in [0.05, 0.1) is 0 Å². The van der Waals surface area contributed by atoms with Crippen LogP contribution in [0, 0.1) is 5.92 Å². The van der Waals surface area contributed by atoms with E-state index in [4.69, 9.17) is 4.42 Å². The van der Waals surface area contributed by atoms with Crippen molar-refractivity contribution in [2.45, 2.75) is 12.8 Å². The van der Waals surface area contributed by atoms with Gasteiger partial charge in [-0.25, -0.2) is 8.42 Å². The predicted octanol–water partition coefficient (Wildman–Crippen LogP) is 3.39. The number of carbonyl (C=O) groups is 1. The standard InChI is InChI=1S/C22H22N4O4S/c27-20(23-22-25-24-21(30-22)19-9-5-2-6-10-19)18-11-14-26(15-12-18)31(28,29)16-13-17-7-3-1-4-8-17/h1-10,13,16,18H,11-12,14-15H2,(H,23,25,27)/b16-13+. The van der Waals surface area contributed by atoms with Gasteiger partial charge in [0.15, 0.2) is 0 Å². The van der Waals surface area contributed by atoms with Gasteiger partial charge in [-0.15, -0.1) is 5.10 Å². The molecule has 1 amide bonds. The van der Waals surface area contributed by atoms with Crippen molar-refractivity contribution >= 4 is 28.0 Å². The fourth-order valence-corrected chi connectivity index (χ4v) is 4.59. The van der Waals surface area contributed by atoms with Crippen molar-refractivity contribution in [1.82, 2.24) is 14.5 Å². The Morgan fingerprint density at radius 3 is 2.32 bits per heavy atom. The summed E-state index contributed by atoms with van der Waals surface area (Å²) in [6.45, 7) is 0.553. The molecular formula is C22H22N4O4S. The van der Waals surface area contributed by atoms with E-state index in [0.717, 1.165) is 11.1 Å². The number of piperidine rings is 1. The maximum Gasteiger partial charge on any atom is 0.322 e. The first-order valence-electron chi connectivity index (χ1n) is 9.94. The summed E-state index contributed by atoms with van der Waals surface area (Å²) in [4.78, 5) is 12.6. The van der Waals surface area contributed by atoms with Crippen molar-refractivity contribution in [3.05, 3.63) is 71.6 Å². The maximum atomic E-state index is 12.6. The number of benzene rings is 2. The second-order valence-corrected chi connectivity index (χ2v) is 9.02. The van der Waals surface area contributed by atoms with Crippen LogP contribution in [0.3, 0.4) is 0 Å². The summed E-state index contributed by atoms with van der Waals surface area (Å²) in [5.74, 6) is -0.251. The fourth-order valence-electron chi connectivity index (χ4n) is 3.37. The lowest BCUT2D eigenvalue weighted by atomic mass is 9.97. The largest absolute Gasteiger partial charge is 0.403 e. The molecule has 1 aromatic heterocycles. The number of hydrogen-bond acceptors (Lipinski definition) is 6. The molecule has 4 rings (SSSR count). The van der Waals surface area contributed by atoms with Crippen molar-refractivity contribution in [3.63, 3.8) is 0 Å². The second-order valence-electron chi connectivity index (χ2n) is 7.20. The van der Waals surface area contributed by atoms with Crippen molar-refractivity contribution in [1.29, 1.82) is 0 Å². The Kier molecular flexibility index (Phi) is 6.24. The molecule has 2 heterocycles. The topological polar surface area (TPSA) is 105 Å². The van der Waals surface area contributed by atoms with Crippen LogP contribution < -0.4 is 5.32 Å². The average molecular weight is 439 g/mol. The van der Waals surface area contributed by atoms with Crippen LogP contribution in [0.2, 0.25) is 0 Å². The van der Waals surface area contributed by atoms with Gasteiger partial charge in [0.1, 0.15) is 0 Å². The zero-order chi connectivity index (χ0) is 21.7. The molecule has 31 heavy (non-hydrogen) atoms. The van der Waals surface area contributed by atoms with Crippen LogP contribution in [0.1, 0.15) is 18.4 Å². The van der Waals surface area contributed by atoms with Crippen LogP contribution in [0.4, 0.5) is 6.01 Å². The van der Waals surface area contributed by atoms with Gasteiger partial charge in [-0.1, -0.05) is 53.6 Å². The number of anilines is 1. The van der Waals surface area contributed by atoms with Gasteiger partial charge in [-0.05, 0) is 36.6 Å². The van der Waals surface area contributed by atoms with Crippen LogP contribution in [0.25, 0.3) is 17.5 Å². The Morgan fingerprint density at radius 2 is 1.65 bits per heavy atom. The monoisotopic (exact) mass is 438 g/mol. The Bertz CT molecular complexity index is 1150. The van der Waals surface area contributed by atoms with Crippen LogP contribution in [0.5, 0.6) is 0 Å². The molecule has 0 radical (unpaired) electrons. The summed E-state index contributed by atoms with van der Waals surface area (Å²) in [5.41, 5.74) is 1.58. The maximum absolute atomic E-state index is 12.6. The average Bonchev–Trinajstić information content (AvgIpc) is 3.28. The summed E-state index contributed by atoms with van der Waals surface area (Å²) < 4.78 is 32.0. The molecule has 1 aliphatic heterocycles. The van der Waals surface area contributed by atoms with Crippen LogP contribution in [-0.4, -0.2) is 41.9 Å². The minimum atomic E-state index is -3.54. The smallest absolute Gasteiger partial charge is 0.322 e. The van der Waals surface area contributed by atoms with E-state index in [2.05, 4.69) is 15.5 Å². The highest BCUT2D eigenvalue weighted by atomic mass is 32.2. The lowest BCUT2D eigenvalue weighted by Gasteiger charge is -2.29. The van der Waals surface area contributed by atoms with E-state index < -0.39 is 10.0 Å². The molecule has 0 bridgehead atoms. The number of carbonyl (C=O) groups excluding carboxylic acids is 1. The van der Waals surface area contributed by atoms with E-state index in [1.807, 2.05) is 60.7 Å². The molecule has 3 aromatic rings. The van der Waals surface area contributed by atoms with Gasteiger partial charge in [0.2, 0.25) is 21.8 Å². The number of hydrogen-bond donors (Lipinski definition) is 1. The number of sulfonamides is 1. The molecule has 160 valence electrons. The lowest BCUT2D eigenvalue weighted by molar-refractivity contribution is -0.121. The molecule has 0 unspecified atom stereocenters. The highest BCUT2D eigenvalue weighted by Gasteiger charge is 2.30. The summed E-state index contributed by atoms with van der Waals surface area (Å²) in [7, 11) is -3.54. The van der Waals surface area contributed by atoms with E-state index in [9.17, 15) is 13.2 Å². The molecule has 0 aliphatic carbocycles. The second kappa shape index (κ2) is 9.23. The van der Waals surface area contributed by atoms with E-state index >= 15 is 0 Å². The van der Waals surface area contributed by atoms with Gasteiger partial charge in [0.25, 0.3) is 0 Å². The molecule has 8 nitrogen and oxygen atoms in total. The van der Waals surface area contributed by atoms with E-state index in [1.54, 1.807) is 6.08 Å². The molecule has 1 aliphatic rings. The molecule has 1 saturated heterocycles. The SMILES string of the molecule is O=C(Nc1nnc(-c2ccccc2)o1)C1CCN(S(=O)(=O)/C=C/c2ccccc2)CC1. The Balaban J connectivity index is 1.32. The van der Waals surface area contributed by atoms with Gasteiger partial charge in [-0.2, -0.15) is 4.31 Å². The highest BCUT2D eigenvalue weighted by molar-refractivity contribution is 7.92. The highest BCUT2D eigenvalue weighted by Crippen LogP contribution is 2.24. The first-order valence-corrected chi connectivity index (χ1v) is 11.4. The number of rotatable bonds is 6. The Morgan fingerprint density at radius 1 is 1.00 bits per heavy atom. The lowest BCUT2D eigenvalue weighted by Crippen LogP contribution is -2.40. The third kappa shape index (κ3) is 5.25.